The summed E-state index contributed by atoms with van der Waals surface area (Å²) in [4.78, 5) is 0. The molecule has 110 valence electrons. The van der Waals surface area contributed by atoms with Gasteiger partial charge in [0.05, 0.1) is 14.2 Å². The quantitative estimate of drug-likeness (QED) is 0.670. The fourth-order valence-electron chi connectivity index (χ4n) is 2.70. The van der Waals surface area contributed by atoms with Gasteiger partial charge in [-0.1, -0.05) is 60.7 Å². The van der Waals surface area contributed by atoms with Crippen LogP contribution in [0, 0.1) is 0 Å². The molecule has 0 aliphatic rings. The molecule has 0 unspecified atom stereocenters. The molecule has 0 fully saturated rings. The Morgan fingerprint density at radius 1 is 0.545 bits per heavy atom. The molecule has 3 rings (SSSR count). The van der Waals surface area contributed by atoms with Crippen molar-refractivity contribution in [2.45, 2.75) is 0 Å². The van der Waals surface area contributed by atoms with Crippen LogP contribution in [0.4, 0.5) is 0 Å². The van der Waals surface area contributed by atoms with E-state index < -0.39 is 0 Å². The van der Waals surface area contributed by atoms with E-state index in [1.54, 1.807) is 14.2 Å². The van der Waals surface area contributed by atoms with Gasteiger partial charge in [0.15, 0.2) is 0 Å². The second kappa shape index (κ2) is 6.35. The van der Waals surface area contributed by atoms with Crippen molar-refractivity contribution in [3.8, 4) is 33.8 Å². The molecule has 0 aliphatic heterocycles. The van der Waals surface area contributed by atoms with Crippen molar-refractivity contribution < 1.29 is 9.47 Å². The molecule has 0 bridgehead atoms. The van der Waals surface area contributed by atoms with Crippen LogP contribution in [0.3, 0.4) is 0 Å². The highest BCUT2D eigenvalue weighted by Gasteiger charge is 2.15. The molecule has 0 spiro atoms. The maximum Gasteiger partial charge on any atom is 0.127 e. The Kier molecular flexibility index (Phi) is 4.10. The number of ether oxygens (including phenoxy) is 2. The normalized spacial score (nSPS) is 10.3. The Hall–Kier alpha value is -2.74. The third-order valence-corrected chi connectivity index (χ3v) is 3.71. The van der Waals surface area contributed by atoms with Gasteiger partial charge in [-0.15, -0.1) is 0 Å². The summed E-state index contributed by atoms with van der Waals surface area (Å²) in [6.07, 6.45) is 0. The first-order valence-electron chi connectivity index (χ1n) is 7.21. The molecule has 0 N–H and O–H groups in total. The van der Waals surface area contributed by atoms with Gasteiger partial charge in [0.1, 0.15) is 11.5 Å². The highest BCUT2D eigenvalue weighted by molar-refractivity contribution is 5.89. The molecule has 0 saturated carbocycles. The largest absolute Gasteiger partial charge is 0.496 e. The molecule has 0 amide bonds. The van der Waals surface area contributed by atoms with Crippen molar-refractivity contribution in [3.05, 3.63) is 72.8 Å². The molecule has 0 saturated heterocycles. The zero-order valence-corrected chi connectivity index (χ0v) is 12.7. The van der Waals surface area contributed by atoms with Gasteiger partial charge in [0.2, 0.25) is 0 Å². The van der Waals surface area contributed by atoms with Gasteiger partial charge >= 0.3 is 0 Å². The first kappa shape index (κ1) is 14.2. The van der Waals surface area contributed by atoms with Gasteiger partial charge < -0.3 is 9.47 Å². The smallest absolute Gasteiger partial charge is 0.127 e. The third kappa shape index (κ3) is 2.56. The predicted molar refractivity (Wildman–Crippen MR) is 90.4 cm³/mol. The van der Waals surface area contributed by atoms with Crippen LogP contribution in [-0.4, -0.2) is 14.2 Å². The minimum Gasteiger partial charge on any atom is -0.496 e. The summed E-state index contributed by atoms with van der Waals surface area (Å²) in [7, 11) is 3.40. The third-order valence-electron chi connectivity index (χ3n) is 3.71. The summed E-state index contributed by atoms with van der Waals surface area (Å²) in [5.74, 6) is 1.71. The van der Waals surface area contributed by atoms with Crippen LogP contribution in [0.25, 0.3) is 22.3 Å². The van der Waals surface area contributed by atoms with Crippen molar-refractivity contribution in [2.24, 2.45) is 0 Å². The summed E-state index contributed by atoms with van der Waals surface area (Å²) in [5, 5.41) is 0. The Morgan fingerprint density at radius 3 is 1.86 bits per heavy atom. The summed E-state index contributed by atoms with van der Waals surface area (Å²) < 4.78 is 11.1. The lowest BCUT2D eigenvalue weighted by molar-refractivity contribution is 0.415. The van der Waals surface area contributed by atoms with Crippen LogP contribution in [0.5, 0.6) is 11.5 Å². The molecule has 0 aromatic heterocycles. The van der Waals surface area contributed by atoms with Crippen molar-refractivity contribution in [3.63, 3.8) is 0 Å². The van der Waals surface area contributed by atoms with Crippen molar-refractivity contribution in [2.75, 3.05) is 14.2 Å². The highest BCUT2D eigenvalue weighted by Crippen LogP contribution is 2.41. The number of hydrogen-bond donors (Lipinski definition) is 0. The van der Waals surface area contributed by atoms with Crippen LogP contribution in [0.15, 0.2) is 72.8 Å². The summed E-state index contributed by atoms with van der Waals surface area (Å²) >= 11 is 0. The van der Waals surface area contributed by atoms with Gasteiger partial charge in [-0.25, -0.2) is 0 Å². The first-order chi connectivity index (χ1) is 10.8. The van der Waals surface area contributed by atoms with E-state index in [1.807, 2.05) is 48.5 Å². The van der Waals surface area contributed by atoms with Gasteiger partial charge in [-0.3, -0.25) is 0 Å². The van der Waals surface area contributed by atoms with Crippen molar-refractivity contribution in [1.82, 2.24) is 0 Å². The van der Waals surface area contributed by atoms with Crippen LogP contribution in [0.2, 0.25) is 0 Å². The summed E-state index contributed by atoms with van der Waals surface area (Å²) in [5.41, 5.74) is 4.36. The second-order valence-electron chi connectivity index (χ2n) is 4.95. The molecule has 3 aromatic carbocycles. The molecular weight excluding hydrogens is 272 g/mol. The van der Waals surface area contributed by atoms with Crippen LogP contribution in [-0.2, 0) is 0 Å². The van der Waals surface area contributed by atoms with E-state index in [9.17, 15) is 0 Å². The van der Waals surface area contributed by atoms with Gasteiger partial charge in [-0.2, -0.15) is 0 Å². The Morgan fingerprint density at radius 2 is 1.14 bits per heavy atom. The molecule has 2 heteroatoms. The van der Waals surface area contributed by atoms with E-state index in [1.165, 1.54) is 0 Å². The standard InChI is InChI=1S/C20H18O2/c1-21-18-13-7-6-11-16(18)17-12-8-14-19(22-2)20(17)15-9-4-3-5-10-15/h3-14H,1-2H3. The minimum atomic E-state index is 0.855. The Balaban J connectivity index is 2.29. The van der Waals surface area contributed by atoms with E-state index >= 15 is 0 Å². The Bertz CT molecular complexity index is 764. The minimum absolute atomic E-state index is 0.855. The van der Waals surface area contributed by atoms with Crippen LogP contribution >= 0.6 is 0 Å². The number of para-hydroxylation sites is 1. The highest BCUT2D eigenvalue weighted by atomic mass is 16.5. The lowest BCUT2D eigenvalue weighted by atomic mass is 9.93. The van der Waals surface area contributed by atoms with Crippen molar-refractivity contribution in [1.29, 1.82) is 0 Å². The molecule has 0 heterocycles. The molecule has 3 aromatic rings. The van der Waals surface area contributed by atoms with Gasteiger partial charge in [0, 0.05) is 11.1 Å². The maximum absolute atomic E-state index is 5.59. The fraction of sp³-hybridized carbons (Fsp3) is 0.100. The number of methoxy groups -OCH3 is 2. The fourth-order valence-corrected chi connectivity index (χ4v) is 2.70. The summed E-state index contributed by atoms with van der Waals surface area (Å²) in [6, 6.07) is 24.4. The number of hydrogen-bond acceptors (Lipinski definition) is 2. The molecule has 2 nitrogen and oxygen atoms in total. The van der Waals surface area contributed by atoms with E-state index in [0.29, 0.717) is 0 Å². The van der Waals surface area contributed by atoms with Crippen molar-refractivity contribution >= 4 is 0 Å². The van der Waals surface area contributed by atoms with E-state index in [2.05, 4.69) is 24.3 Å². The van der Waals surface area contributed by atoms with E-state index in [-0.39, 0.29) is 0 Å². The topological polar surface area (TPSA) is 18.5 Å². The monoisotopic (exact) mass is 290 g/mol. The zero-order valence-electron chi connectivity index (χ0n) is 12.7. The number of rotatable bonds is 4. The Labute approximate surface area is 131 Å². The molecule has 0 radical (unpaired) electrons. The predicted octanol–water partition coefficient (Wildman–Crippen LogP) is 5.04. The summed E-state index contributed by atoms with van der Waals surface area (Å²) in [6.45, 7) is 0. The SMILES string of the molecule is COc1ccccc1-c1cccc(OC)c1-c1ccccc1. The molecule has 0 atom stereocenters. The average molecular weight is 290 g/mol. The van der Waals surface area contributed by atoms with E-state index in [0.717, 1.165) is 33.8 Å². The lowest BCUT2D eigenvalue weighted by Gasteiger charge is -2.16. The van der Waals surface area contributed by atoms with Gasteiger partial charge in [0.25, 0.3) is 0 Å². The molecular formula is C20H18O2. The lowest BCUT2D eigenvalue weighted by Crippen LogP contribution is -1.93. The van der Waals surface area contributed by atoms with Crippen LogP contribution in [0.1, 0.15) is 0 Å². The second-order valence-corrected chi connectivity index (χ2v) is 4.95. The van der Waals surface area contributed by atoms with Gasteiger partial charge in [-0.05, 0) is 23.3 Å². The maximum atomic E-state index is 5.59. The first-order valence-corrected chi connectivity index (χ1v) is 7.21. The average Bonchev–Trinajstić information content (AvgIpc) is 2.61. The zero-order chi connectivity index (χ0) is 15.4. The molecule has 22 heavy (non-hydrogen) atoms. The number of benzene rings is 3. The van der Waals surface area contributed by atoms with E-state index in [4.69, 9.17) is 9.47 Å². The molecule has 0 aliphatic carbocycles. The van der Waals surface area contributed by atoms with Crippen LogP contribution < -0.4 is 9.47 Å².